The summed E-state index contributed by atoms with van der Waals surface area (Å²) < 4.78 is 0. The molecule has 8 aromatic carbocycles. The van der Waals surface area contributed by atoms with Crippen molar-refractivity contribution in [2.24, 2.45) is 11.8 Å². The zero-order valence-corrected chi connectivity index (χ0v) is 45.4. The van der Waals surface area contributed by atoms with Crippen LogP contribution in [0.2, 0.25) is 0 Å². The Morgan fingerprint density at radius 2 is 0.958 bits per heavy atom. The first-order chi connectivity index (χ1) is 34.5. The first-order valence-electron chi connectivity index (χ1n) is 26.1. The van der Waals surface area contributed by atoms with Crippen molar-refractivity contribution >= 4 is 11.1 Å². The quantitative estimate of drug-likeness (QED) is 0.142. The molecule has 8 aromatic rings. The van der Waals surface area contributed by atoms with Crippen LogP contribution in [0.25, 0.3) is 44.5 Å². The van der Waals surface area contributed by atoms with Gasteiger partial charge in [-0.2, -0.15) is 0 Å². The fourth-order valence-electron chi connectivity index (χ4n) is 8.72. The predicted molar refractivity (Wildman–Crippen MR) is 317 cm³/mol. The van der Waals surface area contributed by atoms with E-state index in [1.807, 2.05) is 45.9 Å². The molecule has 2 atom stereocenters. The fourth-order valence-corrected chi connectivity index (χ4v) is 8.72. The first-order valence-corrected chi connectivity index (χ1v) is 26.1. The summed E-state index contributed by atoms with van der Waals surface area (Å²) >= 11 is 0. The summed E-state index contributed by atoms with van der Waals surface area (Å²) in [5, 5.41) is 0. The lowest BCUT2D eigenvalue weighted by Crippen LogP contribution is -2.15. The van der Waals surface area contributed by atoms with E-state index in [1.54, 1.807) is 0 Å². The first kappa shape index (κ1) is 56.6. The summed E-state index contributed by atoms with van der Waals surface area (Å²) in [6.07, 6.45) is 5.83. The standard InChI is InChI=1S/C33H26.C23H26.C7H8.C4H10.2C2H6/c1-24(32-20-11-21-33(25(32)2)27-14-7-4-8-15-27)28-16-9-18-30(22-28)31-19-10-17-29(23-31)26-12-5-3-6-13-26;1-5-19-11-7-9-13-23(19)22-15-14-21(17(3)18(22)4)20-12-8-6-10-16(20)2;1-7-5-3-2-4-6-7;1-4(2)3;2*1-2/h3-23H,1H2,2H3;6-15,17,21H,5H2,1-4H3;2-6H,1H3;4H,1-3H3;2*1-2H3. The Hall–Kier alpha value is -7.02. The number of hydrogen-bond acceptors (Lipinski definition) is 0. The van der Waals surface area contributed by atoms with Crippen molar-refractivity contribution in [2.45, 2.75) is 102 Å². The van der Waals surface area contributed by atoms with Crippen LogP contribution in [-0.2, 0) is 6.42 Å². The van der Waals surface area contributed by atoms with Gasteiger partial charge in [0, 0.05) is 5.92 Å². The zero-order chi connectivity index (χ0) is 51.7. The van der Waals surface area contributed by atoms with E-state index < -0.39 is 0 Å². The molecule has 0 amide bonds. The second kappa shape index (κ2) is 29.9. The Labute approximate surface area is 431 Å². The Balaban J connectivity index is 0.000000248. The summed E-state index contributed by atoms with van der Waals surface area (Å²) in [4.78, 5) is 0. The lowest BCUT2D eigenvalue weighted by Gasteiger charge is -2.30. The van der Waals surface area contributed by atoms with Crippen LogP contribution in [0.15, 0.2) is 231 Å². The average Bonchev–Trinajstić information content (AvgIpc) is 3.42. The maximum atomic E-state index is 4.49. The highest BCUT2D eigenvalue weighted by atomic mass is 14.3. The third-order valence-corrected chi connectivity index (χ3v) is 12.6. The Morgan fingerprint density at radius 3 is 1.54 bits per heavy atom. The molecule has 0 N–H and O–H groups in total. The number of hydrogen-bond donors (Lipinski definition) is 0. The molecule has 0 fully saturated rings. The van der Waals surface area contributed by atoms with Crippen molar-refractivity contribution in [2.75, 3.05) is 0 Å². The monoisotopic (exact) mass is 935 g/mol. The molecule has 0 radical (unpaired) electrons. The molecule has 0 heteroatoms. The second-order valence-corrected chi connectivity index (χ2v) is 18.4. The highest BCUT2D eigenvalue weighted by molar-refractivity contribution is 5.86. The molecule has 1 aliphatic carbocycles. The lowest BCUT2D eigenvalue weighted by atomic mass is 9.74. The molecule has 0 aliphatic heterocycles. The van der Waals surface area contributed by atoms with Gasteiger partial charge in [-0.15, -0.1) is 0 Å². The third kappa shape index (κ3) is 16.3. The SMILES string of the molecule is C=C(c1cccc(-c2cccc(-c3ccccc3)c2)c1)c1cccc(-c2ccccc2)c1C.CC.CC.CC(C)C.CCc1ccccc1C1=C(C)C(C)C(c2ccccc2C)C=C1.Cc1ccccc1. The van der Waals surface area contributed by atoms with Crippen LogP contribution < -0.4 is 0 Å². The molecule has 0 nitrogen and oxygen atoms in total. The number of rotatable bonds is 8. The Kier molecular flexibility index (Phi) is 23.8. The van der Waals surface area contributed by atoms with Crippen molar-refractivity contribution in [3.05, 3.63) is 275 Å². The number of benzene rings is 8. The molecular weight excluding hydrogens is 853 g/mol. The molecule has 0 saturated carbocycles. The van der Waals surface area contributed by atoms with E-state index in [1.165, 1.54) is 83.5 Å². The van der Waals surface area contributed by atoms with Crippen LogP contribution in [0.5, 0.6) is 0 Å². The number of allylic oxidation sites excluding steroid dienone is 4. The van der Waals surface area contributed by atoms with Gasteiger partial charge in [-0.05, 0) is 142 Å². The predicted octanol–water partition coefficient (Wildman–Crippen LogP) is 21.1. The van der Waals surface area contributed by atoms with Gasteiger partial charge >= 0.3 is 0 Å². The van der Waals surface area contributed by atoms with Crippen LogP contribution in [0.1, 0.15) is 120 Å². The molecule has 366 valence electrons. The highest BCUT2D eigenvalue weighted by Crippen LogP contribution is 2.41. The van der Waals surface area contributed by atoms with E-state index in [4.69, 9.17) is 0 Å². The van der Waals surface area contributed by atoms with Crippen LogP contribution in [-0.4, -0.2) is 0 Å². The van der Waals surface area contributed by atoms with Crippen molar-refractivity contribution in [3.63, 3.8) is 0 Å². The van der Waals surface area contributed by atoms with E-state index in [-0.39, 0.29) is 0 Å². The van der Waals surface area contributed by atoms with Crippen LogP contribution in [0.4, 0.5) is 0 Å². The van der Waals surface area contributed by atoms with E-state index >= 15 is 0 Å². The third-order valence-electron chi connectivity index (χ3n) is 12.6. The summed E-state index contributed by atoms with van der Waals surface area (Å²) in [6.45, 7) is 32.4. The van der Waals surface area contributed by atoms with Crippen molar-refractivity contribution in [1.29, 1.82) is 0 Å². The van der Waals surface area contributed by atoms with Crippen molar-refractivity contribution in [3.8, 4) is 33.4 Å². The van der Waals surface area contributed by atoms with Gasteiger partial charge < -0.3 is 0 Å². The molecule has 9 rings (SSSR count). The fraction of sp³-hybridized carbons (Fsp3) is 0.239. The summed E-state index contributed by atoms with van der Waals surface area (Å²) in [5.74, 6) is 1.84. The molecule has 0 bridgehead atoms. The van der Waals surface area contributed by atoms with Crippen LogP contribution in [0, 0.1) is 32.6 Å². The maximum absolute atomic E-state index is 4.49. The minimum absolute atomic E-state index is 0.480. The van der Waals surface area contributed by atoms with E-state index in [9.17, 15) is 0 Å². The van der Waals surface area contributed by atoms with Crippen LogP contribution >= 0.6 is 0 Å². The molecule has 1 aliphatic rings. The van der Waals surface area contributed by atoms with E-state index in [2.05, 4.69) is 269 Å². The molecular formula is C71H82. The smallest absolute Gasteiger partial charge is 0.00869 e. The van der Waals surface area contributed by atoms with E-state index in [0.29, 0.717) is 11.8 Å². The number of aryl methyl sites for hydroxylation is 3. The van der Waals surface area contributed by atoms with Crippen molar-refractivity contribution < 1.29 is 0 Å². The molecule has 71 heavy (non-hydrogen) atoms. The summed E-state index contributed by atoms with van der Waals surface area (Å²) in [6, 6.07) is 72.9. The minimum atomic E-state index is 0.480. The van der Waals surface area contributed by atoms with Gasteiger partial charge in [-0.25, -0.2) is 0 Å². The zero-order valence-electron chi connectivity index (χ0n) is 45.4. The van der Waals surface area contributed by atoms with Gasteiger partial charge in [0.2, 0.25) is 0 Å². The summed E-state index contributed by atoms with van der Waals surface area (Å²) in [7, 11) is 0. The Bertz CT molecular complexity index is 2870. The van der Waals surface area contributed by atoms with Gasteiger partial charge in [0.25, 0.3) is 0 Å². The molecule has 0 heterocycles. The van der Waals surface area contributed by atoms with Gasteiger partial charge in [0.1, 0.15) is 0 Å². The molecule has 0 aromatic heterocycles. The van der Waals surface area contributed by atoms with Crippen LogP contribution in [0.3, 0.4) is 0 Å². The Morgan fingerprint density at radius 1 is 0.493 bits per heavy atom. The molecule has 0 spiro atoms. The van der Waals surface area contributed by atoms with Gasteiger partial charge in [-0.3, -0.25) is 0 Å². The topological polar surface area (TPSA) is 0 Å². The van der Waals surface area contributed by atoms with Gasteiger partial charge in [0.15, 0.2) is 0 Å². The maximum Gasteiger partial charge on any atom is 0.00869 e. The second-order valence-electron chi connectivity index (χ2n) is 18.4. The highest BCUT2D eigenvalue weighted by Gasteiger charge is 2.25. The molecule has 2 unspecified atom stereocenters. The van der Waals surface area contributed by atoms with Gasteiger partial charge in [0.05, 0.1) is 0 Å². The average molecular weight is 935 g/mol. The minimum Gasteiger partial charge on any atom is -0.0905 e. The molecule has 0 saturated heterocycles. The van der Waals surface area contributed by atoms with Crippen molar-refractivity contribution in [1.82, 2.24) is 0 Å². The normalized spacial score (nSPS) is 13.3. The van der Waals surface area contributed by atoms with Gasteiger partial charge in [-0.1, -0.05) is 286 Å². The van der Waals surface area contributed by atoms with E-state index in [0.717, 1.165) is 23.5 Å². The lowest BCUT2D eigenvalue weighted by molar-refractivity contribution is 0.599. The largest absolute Gasteiger partial charge is 0.0905 e. The summed E-state index contributed by atoms with van der Waals surface area (Å²) in [5.41, 5.74) is 21.9.